The Morgan fingerprint density at radius 3 is 1.94 bits per heavy atom. The summed E-state index contributed by atoms with van der Waals surface area (Å²) in [7, 11) is 0. The first kappa shape index (κ1) is 22.7. The molecule has 5 heteroatoms. The van der Waals surface area contributed by atoms with Crippen LogP contribution in [0.1, 0.15) is 31.0 Å². The molecule has 0 fully saturated rings. The number of benzene rings is 3. The van der Waals surface area contributed by atoms with Crippen molar-refractivity contribution in [3.05, 3.63) is 90.0 Å². The zero-order valence-corrected chi connectivity index (χ0v) is 18.2. The second kappa shape index (κ2) is 12.0. The van der Waals surface area contributed by atoms with Gasteiger partial charge in [0.15, 0.2) is 11.5 Å². The van der Waals surface area contributed by atoms with Crippen molar-refractivity contribution in [2.45, 2.75) is 26.0 Å². The minimum Gasteiger partial charge on any atom is -0.494 e. The zero-order valence-electron chi connectivity index (χ0n) is 18.2. The van der Waals surface area contributed by atoms with Crippen molar-refractivity contribution in [1.82, 2.24) is 5.32 Å². The van der Waals surface area contributed by atoms with Gasteiger partial charge in [-0.2, -0.15) is 0 Å². The van der Waals surface area contributed by atoms with Crippen LogP contribution in [0, 0.1) is 0 Å². The maximum Gasteiger partial charge on any atom is 0.165 e. The third-order valence-corrected chi connectivity index (χ3v) is 4.78. The molecular weight excluding hydrogens is 390 g/mol. The molecule has 3 aromatic rings. The van der Waals surface area contributed by atoms with Crippen LogP contribution in [0.25, 0.3) is 0 Å². The third kappa shape index (κ3) is 6.74. The molecule has 0 aliphatic rings. The average molecular weight is 422 g/mol. The number of aliphatic hydroxyl groups is 1. The predicted octanol–water partition coefficient (Wildman–Crippen LogP) is 4.60. The van der Waals surface area contributed by atoms with Gasteiger partial charge < -0.3 is 24.6 Å². The van der Waals surface area contributed by atoms with Gasteiger partial charge in [0.05, 0.1) is 19.3 Å². The summed E-state index contributed by atoms with van der Waals surface area (Å²) in [4.78, 5) is 0. The van der Waals surface area contributed by atoms with Gasteiger partial charge in [0.2, 0.25) is 0 Å². The minimum atomic E-state index is -0.694. The zero-order chi connectivity index (χ0) is 21.9. The smallest absolute Gasteiger partial charge is 0.165 e. The van der Waals surface area contributed by atoms with Gasteiger partial charge in [-0.3, -0.25) is 0 Å². The summed E-state index contributed by atoms with van der Waals surface area (Å²) in [5, 5.41) is 14.1. The molecule has 0 aliphatic carbocycles. The van der Waals surface area contributed by atoms with E-state index in [1.807, 2.05) is 62.4 Å². The van der Waals surface area contributed by atoms with Crippen molar-refractivity contribution in [3.63, 3.8) is 0 Å². The molecule has 1 unspecified atom stereocenters. The molecule has 0 radical (unpaired) electrons. The fraction of sp³-hybridized carbons (Fsp3) is 0.308. The molecule has 164 valence electrons. The molecule has 0 saturated carbocycles. The van der Waals surface area contributed by atoms with Crippen molar-refractivity contribution in [2.24, 2.45) is 0 Å². The Bertz CT molecular complexity index is 862. The van der Waals surface area contributed by atoms with Gasteiger partial charge in [0.25, 0.3) is 0 Å². The Kier molecular flexibility index (Phi) is 8.76. The molecule has 0 aliphatic heterocycles. The molecule has 0 bridgehead atoms. The summed E-state index contributed by atoms with van der Waals surface area (Å²) < 4.78 is 17.1. The summed E-state index contributed by atoms with van der Waals surface area (Å²) in [6.45, 7) is 5.47. The lowest BCUT2D eigenvalue weighted by molar-refractivity contribution is 0.102. The van der Waals surface area contributed by atoms with Crippen LogP contribution in [0.3, 0.4) is 0 Å². The number of hydrogen-bond donors (Lipinski definition) is 2. The van der Waals surface area contributed by atoms with Crippen LogP contribution >= 0.6 is 0 Å². The Morgan fingerprint density at radius 2 is 1.35 bits per heavy atom. The Morgan fingerprint density at radius 1 is 0.742 bits per heavy atom. The maximum atomic E-state index is 10.6. The third-order valence-electron chi connectivity index (χ3n) is 4.78. The van der Waals surface area contributed by atoms with Gasteiger partial charge in [0.1, 0.15) is 18.5 Å². The van der Waals surface area contributed by atoms with Crippen molar-refractivity contribution < 1.29 is 19.3 Å². The van der Waals surface area contributed by atoms with Crippen molar-refractivity contribution in [3.8, 4) is 17.2 Å². The van der Waals surface area contributed by atoms with E-state index in [1.54, 1.807) is 6.07 Å². The second-order valence-corrected chi connectivity index (χ2v) is 7.10. The lowest BCUT2D eigenvalue weighted by Crippen LogP contribution is -2.34. The Hall–Kier alpha value is -3.02. The van der Waals surface area contributed by atoms with Gasteiger partial charge in [-0.15, -0.1) is 0 Å². The molecular formula is C26H31NO4. The highest BCUT2D eigenvalue weighted by atomic mass is 16.5. The van der Waals surface area contributed by atoms with Crippen molar-refractivity contribution in [1.29, 1.82) is 0 Å². The van der Waals surface area contributed by atoms with Crippen LogP contribution in [0.4, 0.5) is 0 Å². The molecule has 31 heavy (non-hydrogen) atoms. The van der Waals surface area contributed by atoms with Crippen molar-refractivity contribution in [2.75, 3.05) is 26.4 Å². The maximum absolute atomic E-state index is 10.6. The molecule has 2 N–H and O–H groups in total. The number of nitrogens with one attached hydrogen (secondary N) is 1. The predicted molar refractivity (Wildman–Crippen MR) is 123 cm³/mol. The van der Waals surface area contributed by atoms with Crippen LogP contribution in [0.15, 0.2) is 78.9 Å². The monoisotopic (exact) mass is 421 g/mol. The molecule has 1 atom stereocenters. The quantitative estimate of drug-likeness (QED) is 0.447. The summed E-state index contributed by atoms with van der Waals surface area (Å²) >= 11 is 0. The fourth-order valence-corrected chi connectivity index (χ4v) is 3.35. The van der Waals surface area contributed by atoms with Gasteiger partial charge >= 0.3 is 0 Å². The van der Waals surface area contributed by atoms with E-state index in [0.29, 0.717) is 37.0 Å². The fourth-order valence-electron chi connectivity index (χ4n) is 3.35. The minimum absolute atomic E-state index is 0.0164. The van der Waals surface area contributed by atoms with Crippen LogP contribution in [-0.4, -0.2) is 37.6 Å². The molecule has 3 rings (SSSR count). The lowest BCUT2D eigenvalue weighted by Gasteiger charge is -2.22. The largest absolute Gasteiger partial charge is 0.494 e. The van der Waals surface area contributed by atoms with E-state index in [4.69, 9.17) is 14.2 Å². The van der Waals surface area contributed by atoms with E-state index in [2.05, 4.69) is 29.6 Å². The van der Waals surface area contributed by atoms with E-state index in [-0.39, 0.29) is 12.6 Å². The highest BCUT2D eigenvalue weighted by Crippen LogP contribution is 2.32. The number of ether oxygens (including phenoxy) is 3. The van der Waals surface area contributed by atoms with Crippen LogP contribution in [0.2, 0.25) is 0 Å². The first-order valence-electron chi connectivity index (χ1n) is 10.7. The summed E-state index contributed by atoms with van der Waals surface area (Å²) in [6, 6.07) is 25.9. The van der Waals surface area contributed by atoms with Crippen molar-refractivity contribution >= 4 is 0 Å². The molecule has 0 aromatic heterocycles. The average Bonchev–Trinajstić information content (AvgIpc) is 2.81. The summed E-state index contributed by atoms with van der Waals surface area (Å²) in [6.07, 6.45) is -0.694. The van der Waals surface area contributed by atoms with E-state index in [0.717, 1.165) is 11.1 Å². The molecule has 0 amide bonds. The topological polar surface area (TPSA) is 60.0 Å². The summed E-state index contributed by atoms with van der Waals surface area (Å²) in [5.74, 6) is 1.91. The molecule has 0 saturated heterocycles. The first-order valence-corrected chi connectivity index (χ1v) is 10.7. The molecule has 0 spiro atoms. The Balaban J connectivity index is 1.63. The molecule has 3 aromatic carbocycles. The summed E-state index contributed by atoms with van der Waals surface area (Å²) in [5.41, 5.74) is 2.29. The number of rotatable bonds is 12. The van der Waals surface area contributed by atoms with Crippen LogP contribution in [0.5, 0.6) is 17.2 Å². The van der Waals surface area contributed by atoms with Gasteiger partial charge in [-0.1, -0.05) is 60.7 Å². The number of hydrogen-bond acceptors (Lipinski definition) is 5. The molecule has 5 nitrogen and oxygen atoms in total. The molecule has 0 heterocycles. The van der Waals surface area contributed by atoms with Crippen LogP contribution < -0.4 is 19.5 Å². The van der Waals surface area contributed by atoms with E-state index in [9.17, 15) is 5.11 Å². The second-order valence-electron chi connectivity index (χ2n) is 7.10. The van der Waals surface area contributed by atoms with Gasteiger partial charge in [-0.05, 0) is 37.1 Å². The van der Waals surface area contributed by atoms with E-state index in [1.165, 1.54) is 0 Å². The van der Waals surface area contributed by atoms with E-state index >= 15 is 0 Å². The van der Waals surface area contributed by atoms with Crippen LogP contribution in [-0.2, 0) is 0 Å². The van der Waals surface area contributed by atoms with Gasteiger partial charge in [-0.25, -0.2) is 0 Å². The highest BCUT2D eigenvalue weighted by molar-refractivity contribution is 5.45. The highest BCUT2D eigenvalue weighted by Gasteiger charge is 2.16. The number of aliphatic hydroxyl groups excluding tert-OH is 1. The lowest BCUT2D eigenvalue weighted by atomic mass is 9.98. The Labute approximate surface area is 184 Å². The first-order chi connectivity index (χ1) is 15.2. The van der Waals surface area contributed by atoms with Gasteiger partial charge in [0, 0.05) is 12.6 Å². The standard InChI is InChI=1S/C26H31NO4/c1-3-29-23-15-16-24(30-4-2)25(17-23)31-19-22(28)18-27-26(20-11-7-5-8-12-20)21-13-9-6-10-14-21/h5-17,22,26-28H,3-4,18-19H2,1-2H3. The normalized spacial score (nSPS) is 11.9. The SMILES string of the molecule is CCOc1ccc(OCC)c(OCC(O)CNC(c2ccccc2)c2ccccc2)c1. The van der Waals surface area contributed by atoms with E-state index < -0.39 is 6.10 Å².